The SMILES string of the molecule is O=C(O)CCC(Cc1ccccc1)NC(=O)NCC1COC2(CCOCC2)O1. The molecule has 1 aromatic rings. The number of benzene rings is 1. The molecule has 8 heteroatoms. The molecule has 0 bridgehead atoms. The Hall–Kier alpha value is -2.16. The Morgan fingerprint density at radius 1 is 1.21 bits per heavy atom. The van der Waals surface area contributed by atoms with Crippen molar-refractivity contribution in [2.75, 3.05) is 26.4 Å². The third-order valence-electron chi connectivity index (χ3n) is 5.03. The van der Waals surface area contributed by atoms with Gasteiger partial charge < -0.3 is 30.0 Å². The minimum absolute atomic E-state index is 0.00193. The Morgan fingerprint density at radius 2 is 1.96 bits per heavy atom. The van der Waals surface area contributed by atoms with Crippen LogP contribution in [0.1, 0.15) is 31.2 Å². The van der Waals surface area contributed by atoms with Gasteiger partial charge in [0, 0.05) is 31.8 Å². The van der Waals surface area contributed by atoms with Crippen molar-refractivity contribution in [3.05, 3.63) is 35.9 Å². The third kappa shape index (κ3) is 6.19. The Bertz CT molecular complexity index is 647. The Labute approximate surface area is 164 Å². The van der Waals surface area contributed by atoms with Crippen LogP contribution in [0.15, 0.2) is 30.3 Å². The summed E-state index contributed by atoms with van der Waals surface area (Å²) >= 11 is 0. The van der Waals surface area contributed by atoms with E-state index >= 15 is 0 Å². The Morgan fingerprint density at radius 3 is 2.68 bits per heavy atom. The van der Waals surface area contributed by atoms with Gasteiger partial charge in [0.25, 0.3) is 0 Å². The summed E-state index contributed by atoms with van der Waals surface area (Å²) in [5.41, 5.74) is 1.05. The number of nitrogens with one attached hydrogen (secondary N) is 2. The second-order valence-corrected chi connectivity index (χ2v) is 7.25. The fourth-order valence-electron chi connectivity index (χ4n) is 3.53. The lowest BCUT2D eigenvalue weighted by Gasteiger charge is -2.31. The molecule has 3 rings (SSSR count). The highest BCUT2D eigenvalue weighted by Gasteiger charge is 2.42. The molecule has 0 aromatic heterocycles. The minimum atomic E-state index is -0.876. The number of carbonyl (C=O) groups excluding carboxylic acids is 1. The van der Waals surface area contributed by atoms with Crippen LogP contribution in [0.2, 0.25) is 0 Å². The van der Waals surface area contributed by atoms with Gasteiger partial charge in [-0.1, -0.05) is 30.3 Å². The molecule has 8 nitrogen and oxygen atoms in total. The number of hydrogen-bond acceptors (Lipinski definition) is 5. The van der Waals surface area contributed by atoms with E-state index in [0.29, 0.717) is 52.0 Å². The number of amides is 2. The van der Waals surface area contributed by atoms with Crippen LogP contribution >= 0.6 is 0 Å². The second-order valence-electron chi connectivity index (χ2n) is 7.25. The van der Waals surface area contributed by atoms with Crippen molar-refractivity contribution >= 4 is 12.0 Å². The van der Waals surface area contributed by atoms with Crippen LogP contribution in [0.3, 0.4) is 0 Å². The van der Waals surface area contributed by atoms with E-state index in [4.69, 9.17) is 19.3 Å². The highest BCUT2D eigenvalue weighted by Crippen LogP contribution is 2.32. The first-order chi connectivity index (χ1) is 13.5. The van der Waals surface area contributed by atoms with E-state index < -0.39 is 11.8 Å². The normalized spacial score (nSPS) is 21.9. The molecule has 2 unspecified atom stereocenters. The zero-order chi connectivity index (χ0) is 19.8. The van der Waals surface area contributed by atoms with Gasteiger partial charge in [-0.2, -0.15) is 0 Å². The van der Waals surface area contributed by atoms with Crippen molar-refractivity contribution in [3.8, 4) is 0 Å². The van der Waals surface area contributed by atoms with Gasteiger partial charge >= 0.3 is 12.0 Å². The van der Waals surface area contributed by atoms with Crippen molar-refractivity contribution in [2.45, 2.75) is 50.0 Å². The average molecular weight is 392 g/mol. The third-order valence-corrected chi connectivity index (χ3v) is 5.03. The lowest BCUT2D eigenvalue weighted by Crippen LogP contribution is -2.46. The second kappa shape index (κ2) is 9.86. The van der Waals surface area contributed by atoms with E-state index in [9.17, 15) is 9.59 Å². The predicted octanol–water partition coefficient (Wildman–Crippen LogP) is 1.68. The topological polar surface area (TPSA) is 106 Å². The maximum Gasteiger partial charge on any atom is 0.315 e. The first-order valence-corrected chi connectivity index (χ1v) is 9.74. The summed E-state index contributed by atoms with van der Waals surface area (Å²) in [6, 6.07) is 9.10. The molecular weight excluding hydrogens is 364 g/mol. The predicted molar refractivity (Wildman–Crippen MR) is 101 cm³/mol. The number of ether oxygens (including phenoxy) is 3. The lowest BCUT2D eigenvalue weighted by atomic mass is 10.0. The summed E-state index contributed by atoms with van der Waals surface area (Å²) in [5.74, 6) is -1.45. The molecule has 2 aliphatic rings. The zero-order valence-electron chi connectivity index (χ0n) is 15.9. The van der Waals surface area contributed by atoms with Gasteiger partial charge in [0.2, 0.25) is 0 Å². The quantitative estimate of drug-likeness (QED) is 0.622. The van der Waals surface area contributed by atoms with Gasteiger partial charge in [-0.3, -0.25) is 4.79 Å². The molecule has 2 saturated heterocycles. The molecule has 2 aliphatic heterocycles. The van der Waals surface area contributed by atoms with Crippen LogP contribution in [0, 0.1) is 0 Å². The minimum Gasteiger partial charge on any atom is -0.481 e. The molecule has 2 fully saturated rings. The van der Waals surface area contributed by atoms with Crippen molar-refractivity contribution in [1.29, 1.82) is 0 Å². The van der Waals surface area contributed by atoms with Gasteiger partial charge in [-0.05, 0) is 18.4 Å². The van der Waals surface area contributed by atoms with Crippen LogP contribution in [0.25, 0.3) is 0 Å². The molecule has 2 atom stereocenters. The number of carbonyl (C=O) groups is 2. The molecule has 0 radical (unpaired) electrons. The monoisotopic (exact) mass is 392 g/mol. The number of carboxylic acid groups (broad SMARTS) is 1. The van der Waals surface area contributed by atoms with E-state index in [-0.39, 0.29) is 24.6 Å². The average Bonchev–Trinajstić information content (AvgIpc) is 3.08. The van der Waals surface area contributed by atoms with E-state index in [2.05, 4.69) is 10.6 Å². The van der Waals surface area contributed by atoms with Crippen LogP contribution in [-0.2, 0) is 25.4 Å². The molecule has 2 amide bonds. The zero-order valence-corrected chi connectivity index (χ0v) is 15.9. The van der Waals surface area contributed by atoms with Crippen LogP contribution in [-0.4, -0.2) is 61.4 Å². The van der Waals surface area contributed by atoms with Crippen molar-refractivity contribution < 1.29 is 28.9 Å². The molecular formula is C20H28N2O6. The summed E-state index contributed by atoms with van der Waals surface area (Å²) in [4.78, 5) is 23.2. The first kappa shape index (κ1) is 20.6. The van der Waals surface area contributed by atoms with Crippen LogP contribution in [0.4, 0.5) is 4.79 Å². The van der Waals surface area contributed by atoms with E-state index in [1.165, 1.54) is 0 Å². The summed E-state index contributed by atoms with van der Waals surface area (Å²) in [7, 11) is 0. The van der Waals surface area contributed by atoms with Gasteiger partial charge in [0.1, 0.15) is 6.10 Å². The van der Waals surface area contributed by atoms with Gasteiger partial charge in [0.05, 0.1) is 19.8 Å². The highest BCUT2D eigenvalue weighted by atomic mass is 16.7. The Balaban J connectivity index is 1.45. The fourth-order valence-corrected chi connectivity index (χ4v) is 3.53. The van der Waals surface area contributed by atoms with Crippen LogP contribution in [0.5, 0.6) is 0 Å². The standard InChI is InChI=1S/C20H28N2O6/c23-18(24)7-6-16(12-15-4-2-1-3-5-15)22-19(25)21-13-17-14-27-20(28-17)8-10-26-11-9-20/h1-5,16-17H,6-14H2,(H,23,24)(H2,21,22,25). The maximum atomic E-state index is 12.3. The summed E-state index contributed by atoms with van der Waals surface area (Å²) in [6.07, 6.45) is 2.14. The van der Waals surface area contributed by atoms with Crippen molar-refractivity contribution in [2.24, 2.45) is 0 Å². The molecule has 0 saturated carbocycles. The molecule has 1 aromatic carbocycles. The smallest absolute Gasteiger partial charge is 0.315 e. The van der Waals surface area contributed by atoms with E-state index in [1.54, 1.807) is 0 Å². The van der Waals surface area contributed by atoms with Crippen LogP contribution < -0.4 is 10.6 Å². The number of carboxylic acids is 1. The Kier molecular flexibility index (Phi) is 7.24. The van der Waals surface area contributed by atoms with Crippen molar-refractivity contribution in [1.82, 2.24) is 10.6 Å². The van der Waals surface area contributed by atoms with Gasteiger partial charge in [0.15, 0.2) is 5.79 Å². The highest BCUT2D eigenvalue weighted by molar-refractivity contribution is 5.74. The maximum absolute atomic E-state index is 12.3. The molecule has 0 aliphatic carbocycles. The number of rotatable bonds is 8. The molecule has 3 N–H and O–H groups in total. The molecule has 2 heterocycles. The first-order valence-electron chi connectivity index (χ1n) is 9.74. The number of hydrogen-bond donors (Lipinski definition) is 3. The lowest BCUT2D eigenvalue weighted by molar-refractivity contribution is -0.210. The molecule has 28 heavy (non-hydrogen) atoms. The molecule has 1 spiro atoms. The number of aliphatic carboxylic acids is 1. The van der Waals surface area contributed by atoms with E-state index in [1.807, 2.05) is 30.3 Å². The van der Waals surface area contributed by atoms with Gasteiger partial charge in [-0.25, -0.2) is 4.79 Å². The number of urea groups is 1. The fraction of sp³-hybridized carbons (Fsp3) is 0.600. The summed E-state index contributed by atoms with van der Waals surface area (Å²) in [5, 5.41) is 14.7. The van der Waals surface area contributed by atoms with Crippen molar-refractivity contribution in [3.63, 3.8) is 0 Å². The summed E-state index contributed by atoms with van der Waals surface area (Å²) < 4.78 is 17.2. The summed E-state index contributed by atoms with van der Waals surface area (Å²) in [6.45, 7) is 2.01. The van der Waals surface area contributed by atoms with E-state index in [0.717, 1.165) is 5.56 Å². The largest absolute Gasteiger partial charge is 0.481 e. The van der Waals surface area contributed by atoms with Gasteiger partial charge in [-0.15, -0.1) is 0 Å². The molecule has 154 valence electrons.